The number of thiazole rings is 1. The van der Waals surface area contributed by atoms with Crippen LogP contribution in [0.5, 0.6) is 0 Å². The topological polar surface area (TPSA) is 75.1 Å². The van der Waals surface area contributed by atoms with Crippen molar-refractivity contribution in [2.75, 3.05) is 11.9 Å². The van der Waals surface area contributed by atoms with Crippen LogP contribution in [0.4, 0.5) is 5.69 Å². The molecule has 1 fully saturated rings. The van der Waals surface area contributed by atoms with E-state index in [0.717, 1.165) is 44.4 Å². The maximum absolute atomic E-state index is 13.0. The molecule has 1 saturated heterocycles. The van der Waals surface area contributed by atoms with Crippen LogP contribution < -0.4 is 10.6 Å². The molecule has 7 nitrogen and oxygen atoms in total. The van der Waals surface area contributed by atoms with Crippen LogP contribution in [0.2, 0.25) is 0 Å². The summed E-state index contributed by atoms with van der Waals surface area (Å²) in [4.78, 5) is 24.7. The second kappa shape index (κ2) is 11.0. The number of nitrogens with one attached hydrogen (secondary N) is 2. The maximum atomic E-state index is 13.0. The highest BCUT2D eigenvalue weighted by molar-refractivity contribution is 7.80. The number of carbonyl (C=O) groups is 1. The number of anilines is 1. The zero-order valence-corrected chi connectivity index (χ0v) is 23.1. The molecule has 2 N–H and O–H groups in total. The van der Waals surface area contributed by atoms with E-state index in [-0.39, 0.29) is 18.0 Å². The fourth-order valence-electron chi connectivity index (χ4n) is 5.13. The summed E-state index contributed by atoms with van der Waals surface area (Å²) in [6.45, 7) is 2.55. The highest BCUT2D eigenvalue weighted by Crippen LogP contribution is 2.40. The van der Waals surface area contributed by atoms with E-state index in [1.807, 2.05) is 72.9 Å². The normalized spacial score (nSPS) is 16.9. The lowest BCUT2D eigenvalue weighted by atomic mass is 10.0. The van der Waals surface area contributed by atoms with E-state index in [1.54, 1.807) is 17.5 Å². The van der Waals surface area contributed by atoms with Crippen molar-refractivity contribution < 1.29 is 4.79 Å². The molecule has 0 radical (unpaired) electrons. The molecule has 0 spiro atoms. The molecule has 0 aliphatic carbocycles. The first-order valence-electron chi connectivity index (χ1n) is 13.0. The lowest BCUT2D eigenvalue weighted by Gasteiger charge is -2.28. The fourth-order valence-corrected chi connectivity index (χ4v) is 6.43. The van der Waals surface area contributed by atoms with Gasteiger partial charge in [-0.25, -0.2) is 4.98 Å². The molecule has 3 aromatic heterocycles. The minimum absolute atomic E-state index is 0.0414. The van der Waals surface area contributed by atoms with Gasteiger partial charge in [-0.2, -0.15) is 0 Å². The lowest BCUT2D eigenvalue weighted by Crippen LogP contribution is -2.33. The molecule has 9 heteroatoms. The van der Waals surface area contributed by atoms with E-state index >= 15 is 0 Å². The van der Waals surface area contributed by atoms with Crippen LogP contribution in [0.1, 0.15) is 42.4 Å². The van der Waals surface area contributed by atoms with E-state index < -0.39 is 0 Å². The van der Waals surface area contributed by atoms with Crippen molar-refractivity contribution in [3.8, 4) is 5.13 Å². The highest BCUT2D eigenvalue weighted by Gasteiger charge is 2.41. The van der Waals surface area contributed by atoms with Gasteiger partial charge in [-0.3, -0.25) is 14.3 Å². The number of benzene rings is 2. The Labute approximate surface area is 236 Å². The quantitative estimate of drug-likeness (QED) is 0.229. The SMILES string of the molecule is CCc1ccccc1NC(=O)CCN1C(=S)NC(c2ccccn2)C1c1cccn1-c1nc2ccccc2s1. The number of rotatable bonds is 8. The molecule has 0 bridgehead atoms. The average Bonchev–Trinajstić information content (AvgIpc) is 3.69. The van der Waals surface area contributed by atoms with Gasteiger partial charge in [0.25, 0.3) is 0 Å². The molecule has 196 valence electrons. The van der Waals surface area contributed by atoms with Crippen LogP contribution >= 0.6 is 23.6 Å². The summed E-state index contributed by atoms with van der Waals surface area (Å²) in [5, 5.41) is 8.08. The third-order valence-electron chi connectivity index (χ3n) is 7.02. The van der Waals surface area contributed by atoms with Gasteiger partial charge in [0, 0.05) is 31.0 Å². The van der Waals surface area contributed by atoms with Crippen molar-refractivity contribution in [1.29, 1.82) is 0 Å². The van der Waals surface area contributed by atoms with Crippen LogP contribution in [0.3, 0.4) is 0 Å². The Hall–Kier alpha value is -4.08. The number of fused-ring (bicyclic) bond motifs is 1. The monoisotopic (exact) mass is 552 g/mol. The summed E-state index contributed by atoms with van der Waals surface area (Å²) >= 11 is 7.49. The molecule has 2 unspecified atom stereocenters. The largest absolute Gasteiger partial charge is 0.352 e. The molecule has 1 amide bonds. The Kier molecular flexibility index (Phi) is 7.08. The number of hydrogen-bond donors (Lipinski definition) is 2. The van der Waals surface area contributed by atoms with Crippen molar-refractivity contribution in [1.82, 2.24) is 24.8 Å². The Morgan fingerprint density at radius 1 is 1.05 bits per heavy atom. The number of thiocarbonyl (C=S) groups is 1. The summed E-state index contributed by atoms with van der Waals surface area (Å²) < 4.78 is 3.26. The minimum atomic E-state index is -0.176. The van der Waals surface area contributed by atoms with Gasteiger partial charge in [0.1, 0.15) is 0 Å². The number of pyridine rings is 1. The number of para-hydroxylation sites is 2. The smallest absolute Gasteiger partial charge is 0.226 e. The predicted octanol–water partition coefficient (Wildman–Crippen LogP) is 6.05. The van der Waals surface area contributed by atoms with Gasteiger partial charge in [0.05, 0.1) is 33.7 Å². The van der Waals surface area contributed by atoms with Crippen molar-refractivity contribution in [3.63, 3.8) is 0 Å². The standard InChI is InChI=1S/C30H28N6OS2/c1-2-20-10-3-4-11-21(20)32-26(37)16-19-36-28(27(34-29(36)38)23-13-7-8-17-31-23)24-14-9-18-35(24)30-33-22-12-5-6-15-25(22)39-30/h3-15,17-18,27-28H,2,16,19H2,1H3,(H,32,37)(H,34,38). The van der Waals surface area contributed by atoms with Crippen LogP contribution in [0, 0.1) is 0 Å². The number of aromatic nitrogens is 3. The fraction of sp³-hybridized carbons (Fsp3) is 0.200. The average molecular weight is 553 g/mol. The maximum Gasteiger partial charge on any atom is 0.226 e. The number of carbonyl (C=O) groups excluding carboxylic acids is 1. The van der Waals surface area contributed by atoms with Crippen molar-refractivity contribution in [2.24, 2.45) is 0 Å². The van der Waals surface area contributed by atoms with Crippen LogP contribution in [-0.4, -0.2) is 37.0 Å². The second-order valence-corrected chi connectivity index (χ2v) is 10.8. The zero-order chi connectivity index (χ0) is 26.8. The molecule has 2 aromatic carbocycles. The third kappa shape index (κ3) is 5.03. The van der Waals surface area contributed by atoms with Crippen LogP contribution in [0.15, 0.2) is 91.3 Å². The first-order valence-corrected chi connectivity index (χ1v) is 14.2. The number of nitrogens with zero attached hydrogens (tertiary/aromatic N) is 4. The van der Waals surface area contributed by atoms with Crippen molar-refractivity contribution in [3.05, 3.63) is 108 Å². The third-order valence-corrected chi connectivity index (χ3v) is 8.41. The second-order valence-electron chi connectivity index (χ2n) is 9.40. The van der Waals surface area contributed by atoms with Crippen molar-refractivity contribution >= 4 is 50.5 Å². The molecule has 1 aliphatic heterocycles. The minimum Gasteiger partial charge on any atom is -0.352 e. The Balaban J connectivity index is 1.31. The van der Waals surface area contributed by atoms with E-state index in [2.05, 4.69) is 44.1 Å². The van der Waals surface area contributed by atoms with Crippen molar-refractivity contribution in [2.45, 2.75) is 31.8 Å². The van der Waals surface area contributed by atoms with E-state index in [1.165, 1.54) is 0 Å². The predicted molar refractivity (Wildman–Crippen MR) is 160 cm³/mol. The molecule has 4 heterocycles. The molecule has 2 atom stereocenters. The summed E-state index contributed by atoms with van der Waals surface area (Å²) in [5.41, 5.74) is 4.88. The van der Waals surface area contributed by atoms with Gasteiger partial charge < -0.3 is 15.5 Å². The number of aryl methyl sites for hydroxylation is 1. The van der Waals surface area contributed by atoms with E-state index in [0.29, 0.717) is 18.1 Å². The van der Waals surface area contributed by atoms with Gasteiger partial charge >= 0.3 is 0 Å². The molecule has 6 rings (SSSR count). The first-order chi connectivity index (χ1) is 19.1. The number of amides is 1. The van der Waals surface area contributed by atoms with Gasteiger partial charge in [-0.1, -0.05) is 54.7 Å². The highest BCUT2D eigenvalue weighted by atomic mass is 32.1. The van der Waals surface area contributed by atoms with Gasteiger partial charge in [-0.15, -0.1) is 0 Å². The molecule has 0 saturated carbocycles. The molecule has 1 aliphatic rings. The lowest BCUT2D eigenvalue weighted by molar-refractivity contribution is -0.116. The summed E-state index contributed by atoms with van der Waals surface area (Å²) in [7, 11) is 0. The zero-order valence-electron chi connectivity index (χ0n) is 21.4. The number of hydrogen-bond acceptors (Lipinski definition) is 5. The molecular formula is C30H28N6OS2. The summed E-state index contributed by atoms with van der Waals surface area (Å²) in [6.07, 6.45) is 4.99. The summed E-state index contributed by atoms with van der Waals surface area (Å²) in [6, 6.07) is 25.8. The Bertz CT molecular complexity index is 1600. The molecule has 5 aromatic rings. The van der Waals surface area contributed by atoms with E-state index in [4.69, 9.17) is 17.2 Å². The first kappa shape index (κ1) is 25.2. The Morgan fingerprint density at radius 3 is 2.69 bits per heavy atom. The molecular weight excluding hydrogens is 525 g/mol. The van der Waals surface area contributed by atoms with E-state index in [9.17, 15) is 4.79 Å². The van der Waals surface area contributed by atoms with Gasteiger partial charge in [0.15, 0.2) is 10.2 Å². The van der Waals surface area contributed by atoms with Gasteiger partial charge in [-0.05, 0) is 66.7 Å². The Morgan fingerprint density at radius 2 is 1.87 bits per heavy atom. The van der Waals surface area contributed by atoms with Crippen LogP contribution in [0.25, 0.3) is 15.3 Å². The van der Waals surface area contributed by atoms with Crippen LogP contribution in [-0.2, 0) is 11.2 Å². The summed E-state index contributed by atoms with van der Waals surface area (Å²) in [5.74, 6) is -0.0414. The molecule has 39 heavy (non-hydrogen) atoms. The van der Waals surface area contributed by atoms with Gasteiger partial charge in [0.2, 0.25) is 5.91 Å².